The van der Waals surface area contributed by atoms with Gasteiger partial charge in [-0.2, -0.15) is 0 Å². The van der Waals surface area contributed by atoms with E-state index in [0.29, 0.717) is 16.6 Å². The van der Waals surface area contributed by atoms with Gasteiger partial charge in [-0.25, -0.2) is 0 Å². The molecule has 0 spiro atoms. The van der Waals surface area contributed by atoms with Crippen molar-refractivity contribution in [2.75, 3.05) is 6.54 Å². The Kier molecular flexibility index (Phi) is 4.48. The summed E-state index contributed by atoms with van der Waals surface area (Å²) in [6, 6.07) is 9.30. The maximum Gasteiger partial charge on any atom is 0.134 e. The first-order valence-electron chi connectivity index (χ1n) is 5.56. The van der Waals surface area contributed by atoms with Gasteiger partial charge in [0.1, 0.15) is 11.5 Å². The lowest BCUT2D eigenvalue weighted by Gasteiger charge is -2.01. The molecule has 0 amide bonds. The molecule has 2 nitrogen and oxygen atoms in total. The van der Waals surface area contributed by atoms with E-state index in [1.54, 1.807) is 12.1 Å². The van der Waals surface area contributed by atoms with E-state index in [1.165, 1.54) is 0 Å². The normalized spacial score (nSPS) is 10.6. The monoisotopic (exact) mass is 281 g/mol. The number of rotatable bonds is 5. The molecule has 1 aromatic carbocycles. The molecule has 2 aromatic rings. The number of halogens is 2. The fraction of sp³-hybridized carbons (Fsp3) is 0.143. The number of benzene rings is 1. The van der Waals surface area contributed by atoms with Gasteiger partial charge in [0.2, 0.25) is 0 Å². The Morgan fingerprint density at radius 3 is 2.72 bits per heavy atom. The second kappa shape index (κ2) is 6.10. The summed E-state index contributed by atoms with van der Waals surface area (Å²) in [6.45, 7) is 5.07. The Morgan fingerprint density at radius 1 is 1.17 bits per heavy atom. The van der Waals surface area contributed by atoms with E-state index in [9.17, 15) is 0 Å². The Hall–Kier alpha value is -1.22. The van der Waals surface area contributed by atoms with E-state index in [4.69, 9.17) is 27.6 Å². The molecule has 1 aromatic heterocycles. The van der Waals surface area contributed by atoms with E-state index in [-0.39, 0.29) is 0 Å². The molecule has 0 bridgehead atoms. The summed E-state index contributed by atoms with van der Waals surface area (Å²) in [6.07, 6.45) is 1.81. The number of hydrogen-bond donors (Lipinski definition) is 1. The fourth-order valence-electron chi connectivity index (χ4n) is 1.57. The predicted molar refractivity (Wildman–Crippen MR) is 76.1 cm³/mol. The van der Waals surface area contributed by atoms with Gasteiger partial charge >= 0.3 is 0 Å². The van der Waals surface area contributed by atoms with Gasteiger partial charge in [-0.3, -0.25) is 0 Å². The summed E-state index contributed by atoms with van der Waals surface area (Å²) in [5.74, 6) is 1.65. The molecule has 0 saturated carbocycles. The summed E-state index contributed by atoms with van der Waals surface area (Å²) < 4.78 is 5.71. The van der Waals surface area contributed by atoms with Crippen molar-refractivity contribution in [3.8, 4) is 11.3 Å². The first kappa shape index (κ1) is 13.2. The van der Waals surface area contributed by atoms with Crippen molar-refractivity contribution in [2.24, 2.45) is 0 Å². The zero-order valence-electron chi connectivity index (χ0n) is 9.75. The molecule has 0 radical (unpaired) electrons. The fourth-order valence-corrected chi connectivity index (χ4v) is 1.87. The van der Waals surface area contributed by atoms with Crippen molar-refractivity contribution in [1.29, 1.82) is 0 Å². The van der Waals surface area contributed by atoms with Gasteiger partial charge in [0.05, 0.1) is 16.6 Å². The maximum atomic E-state index is 5.98. The van der Waals surface area contributed by atoms with Crippen LogP contribution in [0, 0.1) is 0 Å². The van der Waals surface area contributed by atoms with Gasteiger partial charge in [-0.1, -0.05) is 29.3 Å². The topological polar surface area (TPSA) is 25.2 Å². The highest BCUT2D eigenvalue weighted by Crippen LogP contribution is 2.29. The Bertz CT molecular complexity index is 548. The van der Waals surface area contributed by atoms with Gasteiger partial charge in [-0.15, -0.1) is 6.58 Å². The van der Waals surface area contributed by atoms with Crippen molar-refractivity contribution < 1.29 is 4.42 Å². The van der Waals surface area contributed by atoms with Crippen LogP contribution >= 0.6 is 23.2 Å². The van der Waals surface area contributed by atoms with Gasteiger partial charge < -0.3 is 9.73 Å². The van der Waals surface area contributed by atoms with Crippen LogP contribution in [0.15, 0.2) is 47.4 Å². The Balaban J connectivity index is 2.13. The average molecular weight is 282 g/mol. The minimum Gasteiger partial charge on any atom is -0.460 e. The molecule has 0 aliphatic carbocycles. The van der Waals surface area contributed by atoms with Gasteiger partial charge in [0.15, 0.2) is 0 Å². The number of furan rings is 1. The molecule has 2 rings (SSSR count). The Labute approximate surface area is 116 Å². The second-order valence-electron chi connectivity index (χ2n) is 3.81. The molecular formula is C14H13Cl2NO. The molecule has 0 fully saturated rings. The molecule has 4 heteroatoms. The zero-order chi connectivity index (χ0) is 13.0. The molecule has 0 aliphatic rings. The maximum absolute atomic E-state index is 5.98. The average Bonchev–Trinajstić information content (AvgIpc) is 2.82. The molecule has 94 valence electrons. The molecule has 0 aliphatic heterocycles. The van der Waals surface area contributed by atoms with Crippen LogP contribution in [0.5, 0.6) is 0 Å². The van der Waals surface area contributed by atoms with Crippen molar-refractivity contribution >= 4 is 23.2 Å². The second-order valence-corrected chi connectivity index (χ2v) is 4.63. The van der Waals surface area contributed by atoms with Gasteiger partial charge in [0, 0.05) is 12.1 Å². The third-order valence-electron chi connectivity index (χ3n) is 2.45. The van der Waals surface area contributed by atoms with Gasteiger partial charge in [-0.05, 0) is 30.3 Å². The molecule has 1 N–H and O–H groups in total. The zero-order valence-corrected chi connectivity index (χ0v) is 11.3. The standard InChI is InChI=1S/C14H13Cl2NO/c1-2-7-17-9-11-4-6-14(18-11)10-3-5-12(15)13(16)8-10/h2-6,8,17H,1,7,9H2. The molecule has 18 heavy (non-hydrogen) atoms. The van der Waals surface area contributed by atoms with Crippen LogP contribution in [0.4, 0.5) is 0 Å². The van der Waals surface area contributed by atoms with E-state index in [0.717, 1.165) is 23.6 Å². The molecule has 0 atom stereocenters. The van der Waals surface area contributed by atoms with E-state index in [2.05, 4.69) is 11.9 Å². The molecular weight excluding hydrogens is 269 g/mol. The van der Waals surface area contributed by atoms with Gasteiger partial charge in [0.25, 0.3) is 0 Å². The van der Waals surface area contributed by atoms with Crippen LogP contribution in [0.25, 0.3) is 11.3 Å². The van der Waals surface area contributed by atoms with Crippen LogP contribution < -0.4 is 5.32 Å². The van der Waals surface area contributed by atoms with Crippen LogP contribution in [-0.4, -0.2) is 6.54 Å². The van der Waals surface area contributed by atoms with Crippen molar-refractivity contribution in [2.45, 2.75) is 6.54 Å². The van der Waals surface area contributed by atoms with E-state index in [1.807, 2.05) is 24.3 Å². The minimum absolute atomic E-state index is 0.525. The lowest BCUT2D eigenvalue weighted by Crippen LogP contribution is -2.11. The highest BCUT2D eigenvalue weighted by molar-refractivity contribution is 6.42. The summed E-state index contributed by atoms with van der Waals surface area (Å²) >= 11 is 11.9. The summed E-state index contributed by atoms with van der Waals surface area (Å²) in [7, 11) is 0. The highest BCUT2D eigenvalue weighted by atomic mass is 35.5. The third kappa shape index (κ3) is 3.16. The summed E-state index contributed by atoms with van der Waals surface area (Å²) in [5.41, 5.74) is 0.916. The van der Waals surface area contributed by atoms with Crippen molar-refractivity contribution in [3.05, 3.63) is 58.8 Å². The predicted octanol–water partition coefficient (Wildman–Crippen LogP) is 4.53. The lowest BCUT2D eigenvalue weighted by molar-refractivity contribution is 0.502. The summed E-state index contributed by atoms with van der Waals surface area (Å²) in [5, 5.41) is 4.24. The number of hydrogen-bond acceptors (Lipinski definition) is 2. The van der Waals surface area contributed by atoms with Crippen LogP contribution in [-0.2, 0) is 6.54 Å². The van der Waals surface area contributed by atoms with E-state index < -0.39 is 0 Å². The SMILES string of the molecule is C=CCNCc1ccc(-c2ccc(Cl)c(Cl)c2)o1. The van der Waals surface area contributed by atoms with Crippen molar-refractivity contribution in [1.82, 2.24) is 5.32 Å². The first-order valence-corrected chi connectivity index (χ1v) is 6.32. The molecule has 1 heterocycles. The largest absolute Gasteiger partial charge is 0.460 e. The van der Waals surface area contributed by atoms with E-state index >= 15 is 0 Å². The van der Waals surface area contributed by atoms with Crippen LogP contribution in [0.3, 0.4) is 0 Å². The quantitative estimate of drug-likeness (QED) is 0.644. The molecule has 0 unspecified atom stereocenters. The van der Waals surface area contributed by atoms with Crippen molar-refractivity contribution in [3.63, 3.8) is 0 Å². The smallest absolute Gasteiger partial charge is 0.134 e. The van der Waals surface area contributed by atoms with Crippen LogP contribution in [0.1, 0.15) is 5.76 Å². The molecule has 0 saturated heterocycles. The lowest BCUT2D eigenvalue weighted by atomic mass is 10.2. The highest BCUT2D eigenvalue weighted by Gasteiger charge is 2.06. The Morgan fingerprint density at radius 2 is 2.00 bits per heavy atom. The van der Waals surface area contributed by atoms with Crippen LogP contribution in [0.2, 0.25) is 10.0 Å². The third-order valence-corrected chi connectivity index (χ3v) is 3.19. The first-order chi connectivity index (χ1) is 8.70. The number of nitrogens with one attached hydrogen (secondary N) is 1. The minimum atomic E-state index is 0.525. The summed E-state index contributed by atoms with van der Waals surface area (Å²) in [4.78, 5) is 0.